The second-order valence-electron chi connectivity index (χ2n) is 2.04. The highest BCUT2D eigenvalue weighted by Gasteiger charge is 2.21. The zero-order valence-electron chi connectivity index (χ0n) is 6.29. The molecule has 0 aromatic rings. The molecule has 1 N–H and O–H groups in total. The van der Waals surface area contributed by atoms with Gasteiger partial charge in [-0.25, -0.2) is 4.79 Å². The Morgan fingerprint density at radius 3 is 2.82 bits per heavy atom. The van der Waals surface area contributed by atoms with Gasteiger partial charge in [-0.15, -0.1) is 11.6 Å². The molecular weight excluding hydrogens is 168 g/mol. The number of carbonyl (C=O) groups is 1. The normalized spacial score (nSPS) is 15.2. The fourth-order valence-electron chi connectivity index (χ4n) is 0.414. The molecule has 0 aliphatic heterocycles. The van der Waals surface area contributed by atoms with E-state index in [1.54, 1.807) is 0 Å². The molecule has 0 rings (SSSR count). The molecule has 0 spiro atoms. The molecule has 0 aromatic heterocycles. The first-order chi connectivity index (χ1) is 5.09. The van der Waals surface area contributed by atoms with Crippen LogP contribution in [0.1, 0.15) is 6.92 Å². The van der Waals surface area contributed by atoms with E-state index in [4.69, 9.17) is 16.7 Å². The van der Waals surface area contributed by atoms with E-state index in [2.05, 4.69) is 11.3 Å². The summed E-state index contributed by atoms with van der Waals surface area (Å²) in [4.78, 5) is 10.7. The van der Waals surface area contributed by atoms with Crippen LogP contribution in [0.15, 0.2) is 12.7 Å². The van der Waals surface area contributed by atoms with Crippen molar-refractivity contribution in [2.75, 3.05) is 6.61 Å². The van der Waals surface area contributed by atoms with Gasteiger partial charge in [0.2, 0.25) is 0 Å². The Labute approximate surface area is 70.6 Å². The summed E-state index contributed by atoms with van der Waals surface area (Å²) in [7, 11) is 0. The Morgan fingerprint density at radius 2 is 2.45 bits per heavy atom. The Bertz CT molecular complexity index is 145. The molecular formula is C7H11ClO3. The summed E-state index contributed by atoms with van der Waals surface area (Å²) in [6.45, 7) is 4.96. The van der Waals surface area contributed by atoms with Gasteiger partial charge in [0, 0.05) is 0 Å². The number of alkyl halides is 1. The molecule has 0 aliphatic rings. The van der Waals surface area contributed by atoms with Crippen LogP contribution in [0.4, 0.5) is 0 Å². The molecule has 0 radical (unpaired) electrons. The van der Waals surface area contributed by atoms with Crippen LogP contribution in [-0.2, 0) is 9.53 Å². The molecule has 0 amide bonds. The molecule has 0 aliphatic carbocycles. The molecule has 0 saturated carbocycles. The summed E-state index contributed by atoms with van der Waals surface area (Å²) in [6.07, 6.45) is 0.167. The van der Waals surface area contributed by atoms with Crippen molar-refractivity contribution in [1.29, 1.82) is 0 Å². The lowest BCUT2D eigenvalue weighted by Gasteiger charge is -2.10. The van der Waals surface area contributed by atoms with E-state index >= 15 is 0 Å². The van der Waals surface area contributed by atoms with Crippen LogP contribution >= 0.6 is 11.6 Å². The van der Waals surface area contributed by atoms with Gasteiger partial charge in [-0.1, -0.05) is 12.7 Å². The van der Waals surface area contributed by atoms with E-state index in [1.807, 2.05) is 0 Å². The Morgan fingerprint density at radius 1 is 1.91 bits per heavy atom. The number of hydrogen-bond donors (Lipinski definition) is 1. The minimum Gasteiger partial charge on any atom is -0.460 e. The standard InChI is InChI=1S/C7H11ClO3/c1-3-4-11-7(10)6(9)5(2)8/h3,5-6,9H,1,4H2,2H3. The van der Waals surface area contributed by atoms with Crippen molar-refractivity contribution in [3.8, 4) is 0 Å². The number of hydrogen-bond acceptors (Lipinski definition) is 3. The fraction of sp³-hybridized carbons (Fsp3) is 0.571. The monoisotopic (exact) mass is 178 g/mol. The number of esters is 1. The molecule has 0 aromatic carbocycles. The average Bonchev–Trinajstić information content (AvgIpc) is 1.98. The maximum absolute atomic E-state index is 10.7. The highest BCUT2D eigenvalue weighted by Crippen LogP contribution is 2.02. The predicted octanol–water partition coefficient (Wildman–Crippen LogP) is 0.704. The topological polar surface area (TPSA) is 46.5 Å². The number of aliphatic hydroxyl groups excluding tert-OH is 1. The van der Waals surface area contributed by atoms with Gasteiger partial charge in [0.05, 0.1) is 5.38 Å². The molecule has 2 unspecified atom stereocenters. The number of carbonyl (C=O) groups excluding carboxylic acids is 1. The third-order valence-electron chi connectivity index (χ3n) is 1.02. The zero-order chi connectivity index (χ0) is 8.85. The summed E-state index contributed by atoms with van der Waals surface area (Å²) in [5.74, 6) is -0.715. The van der Waals surface area contributed by atoms with Crippen molar-refractivity contribution in [3.05, 3.63) is 12.7 Å². The van der Waals surface area contributed by atoms with Crippen LogP contribution < -0.4 is 0 Å². The van der Waals surface area contributed by atoms with Crippen molar-refractivity contribution < 1.29 is 14.6 Å². The molecule has 4 heteroatoms. The molecule has 0 fully saturated rings. The SMILES string of the molecule is C=CCOC(=O)C(O)C(C)Cl. The van der Waals surface area contributed by atoms with Crippen molar-refractivity contribution in [3.63, 3.8) is 0 Å². The third-order valence-corrected chi connectivity index (χ3v) is 1.26. The molecule has 3 nitrogen and oxygen atoms in total. The van der Waals surface area contributed by atoms with Crippen molar-refractivity contribution >= 4 is 17.6 Å². The first kappa shape index (κ1) is 10.5. The lowest BCUT2D eigenvalue weighted by atomic mass is 10.3. The van der Waals surface area contributed by atoms with Gasteiger partial charge in [-0.05, 0) is 6.92 Å². The number of aliphatic hydroxyl groups is 1. The average molecular weight is 179 g/mol. The second kappa shape index (κ2) is 5.16. The lowest BCUT2D eigenvalue weighted by Crippen LogP contribution is -2.30. The minimum absolute atomic E-state index is 0.0967. The van der Waals surface area contributed by atoms with Crippen LogP contribution in [-0.4, -0.2) is 29.2 Å². The Hall–Kier alpha value is -0.540. The van der Waals surface area contributed by atoms with Crippen molar-refractivity contribution in [1.82, 2.24) is 0 Å². The fourth-order valence-corrected chi connectivity index (χ4v) is 0.517. The van der Waals surface area contributed by atoms with Gasteiger partial charge in [0.1, 0.15) is 6.61 Å². The summed E-state index contributed by atoms with van der Waals surface area (Å²) < 4.78 is 4.52. The molecule has 0 saturated heterocycles. The van der Waals surface area contributed by atoms with Crippen LogP contribution in [0.25, 0.3) is 0 Å². The van der Waals surface area contributed by atoms with E-state index in [-0.39, 0.29) is 6.61 Å². The largest absolute Gasteiger partial charge is 0.460 e. The van der Waals surface area contributed by atoms with E-state index in [0.717, 1.165) is 0 Å². The number of halogens is 1. The summed E-state index contributed by atoms with van der Waals surface area (Å²) >= 11 is 5.43. The van der Waals surface area contributed by atoms with E-state index in [0.29, 0.717) is 0 Å². The van der Waals surface area contributed by atoms with Crippen molar-refractivity contribution in [2.24, 2.45) is 0 Å². The van der Waals surface area contributed by atoms with Crippen LogP contribution in [0.5, 0.6) is 0 Å². The minimum atomic E-state index is -1.25. The predicted molar refractivity (Wildman–Crippen MR) is 42.5 cm³/mol. The molecule has 0 bridgehead atoms. The summed E-state index contributed by atoms with van der Waals surface area (Å²) in [5, 5.41) is 8.35. The van der Waals surface area contributed by atoms with Crippen LogP contribution in [0.3, 0.4) is 0 Å². The van der Waals surface area contributed by atoms with Gasteiger partial charge in [0.15, 0.2) is 6.10 Å². The molecule has 2 atom stereocenters. The van der Waals surface area contributed by atoms with Gasteiger partial charge in [-0.2, -0.15) is 0 Å². The first-order valence-electron chi connectivity index (χ1n) is 3.19. The van der Waals surface area contributed by atoms with E-state index in [1.165, 1.54) is 13.0 Å². The highest BCUT2D eigenvalue weighted by molar-refractivity contribution is 6.22. The maximum atomic E-state index is 10.7. The second-order valence-corrected chi connectivity index (χ2v) is 2.73. The molecule has 0 heterocycles. The molecule has 64 valence electrons. The van der Waals surface area contributed by atoms with E-state index in [9.17, 15) is 4.79 Å². The van der Waals surface area contributed by atoms with Gasteiger partial charge in [0.25, 0.3) is 0 Å². The zero-order valence-corrected chi connectivity index (χ0v) is 7.04. The summed E-state index contributed by atoms with van der Waals surface area (Å²) in [5.41, 5.74) is 0. The Balaban J connectivity index is 3.73. The van der Waals surface area contributed by atoms with Gasteiger partial charge >= 0.3 is 5.97 Å². The molecule has 11 heavy (non-hydrogen) atoms. The van der Waals surface area contributed by atoms with Gasteiger partial charge in [-0.3, -0.25) is 0 Å². The third kappa shape index (κ3) is 4.01. The van der Waals surface area contributed by atoms with Crippen molar-refractivity contribution in [2.45, 2.75) is 18.4 Å². The van der Waals surface area contributed by atoms with Gasteiger partial charge < -0.3 is 9.84 Å². The lowest BCUT2D eigenvalue weighted by molar-refractivity contribution is -0.152. The van der Waals surface area contributed by atoms with E-state index < -0.39 is 17.5 Å². The maximum Gasteiger partial charge on any atom is 0.336 e. The number of rotatable bonds is 4. The first-order valence-corrected chi connectivity index (χ1v) is 3.63. The smallest absolute Gasteiger partial charge is 0.336 e. The Kier molecular flexibility index (Phi) is 4.90. The van der Waals surface area contributed by atoms with Crippen LogP contribution in [0, 0.1) is 0 Å². The summed E-state index contributed by atoms with van der Waals surface area (Å²) in [6, 6.07) is 0. The van der Waals surface area contributed by atoms with Crippen LogP contribution in [0.2, 0.25) is 0 Å². The highest BCUT2D eigenvalue weighted by atomic mass is 35.5. The quantitative estimate of drug-likeness (QED) is 0.392. The number of ether oxygens (including phenoxy) is 1.